The van der Waals surface area contributed by atoms with E-state index >= 15 is 0 Å². The Labute approximate surface area is 118 Å². The fourth-order valence-electron chi connectivity index (χ4n) is 1.77. The number of carbonyl (C=O) groups is 2. The maximum Gasteiger partial charge on any atom is 0.317 e. The Morgan fingerprint density at radius 3 is 2.75 bits per heavy atom. The number of aliphatic carboxylic acids is 1. The second-order valence-electron chi connectivity index (χ2n) is 4.68. The number of urea groups is 1. The van der Waals surface area contributed by atoms with Crippen LogP contribution in [-0.2, 0) is 11.3 Å². The Hall–Kier alpha value is -2.05. The molecule has 1 heterocycles. The van der Waals surface area contributed by atoms with Gasteiger partial charge in [-0.15, -0.1) is 0 Å². The van der Waals surface area contributed by atoms with Crippen molar-refractivity contribution in [3.05, 3.63) is 18.2 Å². The molecule has 2 amide bonds. The molecule has 7 nitrogen and oxygen atoms in total. The molecule has 0 aliphatic carbocycles. The molecule has 0 atom stereocenters. The van der Waals surface area contributed by atoms with Gasteiger partial charge in [-0.3, -0.25) is 4.79 Å². The number of carboxylic acids is 1. The number of amides is 2. The molecule has 1 aromatic heterocycles. The second-order valence-corrected chi connectivity index (χ2v) is 4.68. The van der Waals surface area contributed by atoms with Gasteiger partial charge in [-0.05, 0) is 12.8 Å². The number of hydrogen-bond donors (Lipinski definition) is 3. The molecule has 0 aliphatic rings. The zero-order valence-electron chi connectivity index (χ0n) is 11.8. The first-order valence-electron chi connectivity index (χ1n) is 6.78. The molecule has 0 spiro atoms. The van der Waals surface area contributed by atoms with Gasteiger partial charge in [0.1, 0.15) is 5.82 Å². The summed E-state index contributed by atoms with van der Waals surface area (Å²) in [5.41, 5.74) is 0. The average molecular weight is 282 g/mol. The van der Waals surface area contributed by atoms with Crippen LogP contribution in [0.5, 0.6) is 0 Å². The molecular formula is C13H22N4O3. The molecule has 20 heavy (non-hydrogen) atoms. The molecule has 0 unspecified atom stereocenters. The highest BCUT2D eigenvalue weighted by Crippen LogP contribution is 2.02. The predicted octanol–water partition coefficient (Wildman–Crippen LogP) is 1.59. The van der Waals surface area contributed by atoms with Crippen LogP contribution in [0, 0.1) is 0 Å². The number of rotatable bonds is 9. The molecule has 112 valence electrons. The maximum atomic E-state index is 11.7. The minimum Gasteiger partial charge on any atom is -0.481 e. The van der Waals surface area contributed by atoms with Crippen molar-refractivity contribution in [2.45, 2.75) is 38.6 Å². The Bertz CT molecular complexity index is 406. The number of imidazole rings is 1. The van der Waals surface area contributed by atoms with Crippen LogP contribution in [0.1, 0.15) is 37.9 Å². The number of hydrogen-bond acceptors (Lipinski definition) is 3. The molecule has 1 rings (SSSR count). The van der Waals surface area contributed by atoms with Crippen molar-refractivity contribution in [3.8, 4) is 0 Å². The Morgan fingerprint density at radius 2 is 2.10 bits per heavy atom. The zero-order chi connectivity index (χ0) is 14.8. The SMILES string of the molecule is CN(Cc1ncc[nH]1)C(=O)NCCCCCCC(=O)O. The molecule has 0 radical (unpaired) electrons. The van der Waals surface area contributed by atoms with E-state index in [9.17, 15) is 9.59 Å². The van der Waals surface area contributed by atoms with Crippen LogP contribution in [0.25, 0.3) is 0 Å². The molecule has 3 N–H and O–H groups in total. The first-order valence-corrected chi connectivity index (χ1v) is 6.78. The maximum absolute atomic E-state index is 11.7. The Kier molecular flexibility index (Phi) is 7.16. The third-order valence-corrected chi connectivity index (χ3v) is 2.88. The summed E-state index contributed by atoms with van der Waals surface area (Å²) in [5.74, 6) is -0.00539. The van der Waals surface area contributed by atoms with Gasteiger partial charge in [-0.25, -0.2) is 9.78 Å². The van der Waals surface area contributed by atoms with E-state index in [0.29, 0.717) is 19.5 Å². The minimum atomic E-state index is -0.752. The largest absolute Gasteiger partial charge is 0.481 e. The summed E-state index contributed by atoms with van der Waals surface area (Å²) in [6.07, 6.45) is 6.95. The van der Waals surface area contributed by atoms with Crippen molar-refractivity contribution in [1.29, 1.82) is 0 Å². The van der Waals surface area contributed by atoms with Gasteiger partial charge in [0.15, 0.2) is 0 Å². The first-order chi connectivity index (χ1) is 9.59. The fraction of sp³-hybridized carbons (Fsp3) is 0.615. The standard InChI is InChI=1S/C13H22N4O3/c1-17(10-11-14-8-9-15-11)13(20)16-7-5-3-2-4-6-12(18)19/h8-9H,2-7,10H2,1H3,(H,14,15)(H,16,20)(H,18,19). The Balaban J connectivity index is 2.03. The lowest BCUT2D eigenvalue weighted by molar-refractivity contribution is -0.137. The molecule has 0 aromatic carbocycles. The monoisotopic (exact) mass is 282 g/mol. The van der Waals surface area contributed by atoms with Crippen LogP contribution in [-0.4, -0.2) is 45.6 Å². The van der Waals surface area contributed by atoms with Crippen LogP contribution in [0.2, 0.25) is 0 Å². The third kappa shape index (κ3) is 6.77. The van der Waals surface area contributed by atoms with Gasteiger partial charge >= 0.3 is 12.0 Å². The zero-order valence-corrected chi connectivity index (χ0v) is 11.8. The fourth-order valence-corrected chi connectivity index (χ4v) is 1.77. The summed E-state index contributed by atoms with van der Waals surface area (Å²) in [6.45, 7) is 1.05. The van der Waals surface area contributed by atoms with Crippen LogP contribution >= 0.6 is 0 Å². The quantitative estimate of drug-likeness (QED) is 0.599. The van der Waals surface area contributed by atoms with E-state index in [1.54, 1.807) is 24.3 Å². The summed E-state index contributed by atoms with van der Waals surface area (Å²) in [5, 5.41) is 11.3. The molecule has 0 saturated carbocycles. The summed E-state index contributed by atoms with van der Waals surface area (Å²) in [7, 11) is 1.71. The number of aromatic nitrogens is 2. The molecular weight excluding hydrogens is 260 g/mol. The number of carbonyl (C=O) groups excluding carboxylic acids is 1. The van der Waals surface area contributed by atoms with Gasteiger partial charge in [0.2, 0.25) is 0 Å². The highest BCUT2D eigenvalue weighted by atomic mass is 16.4. The average Bonchev–Trinajstić information content (AvgIpc) is 2.89. The van der Waals surface area contributed by atoms with E-state index in [-0.39, 0.29) is 12.5 Å². The summed E-state index contributed by atoms with van der Waals surface area (Å²) in [6, 6.07) is -0.132. The highest BCUT2D eigenvalue weighted by molar-refractivity contribution is 5.73. The van der Waals surface area contributed by atoms with Gasteiger partial charge in [0.25, 0.3) is 0 Å². The number of unbranched alkanes of at least 4 members (excludes halogenated alkanes) is 3. The number of nitrogens with zero attached hydrogens (tertiary/aromatic N) is 2. The topological polar surface area (TPSA) is 98.3 Å². The van der Waals surface area contributed by atoms with Crippen molar-refractivity contribution in [1.82, 2.24) is 20.2 Å². The van der Waals surface area contributed by atoms with E-state index < -0.39 is 5.97 Å². The normalized spacial score (nSPS) is 10.2. The first kappa shape index (κ1) is 16.0. The van der Waals surface area contributed by atoms with Crippen LogP contribution in [0.4, 0.5) is 4.79 Å². The molecule has 7 heteroatoms. The van der Waals surface area contributed by atoms with Crippen LogP contribution in [0.15, 0.2) is 12.4 Å². The molecule has 0 saturated heterocycles. The van der Waals surface area contributed by atoms with E-state index in [2.05, 4.69) is 15.3 Å². The van der Waals surface area contributed by atoms with E-state index in [4.69, 9.17) is 5.11 Å². The van der Waals surface area contributed by atoms with E-state index in [1.165, 1.54) is 0 Å². The molecule has 1 aromatic rings. The van der Waals surface area contributed by atoms with Gasteiger partial charge in [-0.1, -0.05) is 12.8 Å². The van der Waals surface area contributed by atoms with E-state index in [1.807, 2.05) is 0 Å². The summed E-state index contributed by atoms with van der Waals surface area (Å²) < 4.78 is 0. The Morgan fingerprint density at radius 1 is 1.35 bits per heavy atom. The number of carboxylic acid groups (broad SMARTS) is 1. The molecule has 0 aliphatic heterocycles. The summed E-state index contributed by atoms with van der Waals surface area (Å²) >= 11 is 0. The molecule has 0 bridgehead atoms. The minimum absolute atomic E-state index is 0.132. The highest BCUT2D eigenvalue weighted by Gasteiger charge is 2.09. The predicted molar refractivity (Wildman–Crippen MR) is 74.2 cm³/mol. The van der Waals surface area contributed by atoms with Crippen molar-refractivity contribution < 1.29 is 14.7 Å². The van der Waals surface area contributed by atoms with Crippen molar-refractivity contribution in [2.75, 3.05) is 13.6 Å². The van der Waals surface area contributed by atoms with Crippen molar-refractivity contribution >= 4 is 12.0 Å². The second kappa shape index (κ2) is 8.95. The van der Waals surface area contributed by atoms with Gasteiger partial charge < -0.3 is 20.3 Å². The molecule has 0 fully saturated rings. The van der Waals surface area contributed by atoms with Crippen LogP contribution < -0.4 is 5.32 Å². The third-order valence-electron chi connectivity index (χ3n) is 2.88. The number of aromatic amines is 1. The van der Waals surface area contributed by atoms with Gasteiger partial charge in [0, 0.05) is 32.4 Å². The van der Waals surface area contributed by atoms with Gasteiger partial charge in [-0.2, -0.15) is 0 Å². The number of H-pyrrole nitrogens is 1. The lowest BCUT2D eigenvalue weighted by Gasteiger charge is -2.16. The smallest absolute Gasteiger partial charge is 0.317 e. The van der Waals surface area contributed by atoms with Crippen molar-refractivity contribution in [2.24, 2.45) is 0 Å². The number of nitrogens with one attached hydrogen (secondary N) is 2. The summed E-state index contributed by atoms with van der Waals surface area (Å²) in [4.78, 5) is 30.6. The lowest BCUT2D eigenvalue weighted by atomic mass is 10.1. The lowest BCUT2D eigenvalue weighted by Crippen LogP contribution is -2.37. The van der Waals surface area contributed by atoms with Crippen LogP contribution in [0.3, 0.4) is 0 Å². The van der Waals surface area contributed by atoms with E-state index in [0.717, 1.165) is 25.1 Å². The van der Waals surface area contributed by atoms with Crippen molar-refractivity contribution in [3.63, 3.8) is 0 Å². The van der Waals surface area contributed by atoms with Gasteiger partial charge in [0.05, 0.1) is 6.54 Å².